The van der Waals surface area contributed by atoms with Crippen LogP contribution in [0, 0.1) is 13.8 Å². The standard InChI is InChI=1S/C26H20N2O2S2/c1-15-25(31-29)21(17-9-5-3-6-10-17)19-13-14-20-22(18-11-7-4-8-12-18)26(32-30)16(2)28-24(20)23(19)27-15/h3-14,29-30H,1-2H3. The molecule has 0 amide bonds. The summed E-state index contributed by atoms with van der Waals surface area (Å²) in [6.45, 7) is 3.82. The van der Waals surface area contributed by atoms with Gasteiger partial charge in [0, 0.05) is 46.0 Å². The van der Waals surface area contributed by atoms with Gasteiger partial charge in [0.05, 0.1) is 32.2 Å². The summed E-state index contributed by atoms with van der Waals surface area (Å²) < 4.78 is 20.1. The Morgan fingerprint density at radius 2 is 0.938 bits per heavy atom. The van der Waals surface area contributed by atoms with E-state index < -0.39 is 0 Å². The molecule has 0 aliphatic heterocycles. The van der Waals surface area contributed by atoms with Crippen molar-refractivity contribution < 1.29 is 9.11 Å². The van der Waals surface area contributed by atoms with Gasteiger partial charge in [-0.05, 0) is 25.0 Å². The zero-order valence-corrected chi connectivity index (χ0v) is 19.2. The molecule has 0 unspecified atom stereocenters. The summed E-state index contributed by atoms with van der Waals surface area (Å²) in [5, 5.41) is 1.86. The maximum Gasteiger partial charge on any atom is 0.0975 e. The van der Waals surface area contributed by atoms with Gasteiger partial charge in [0.2, 0.25) is 0 Å². The minimum Gasteiger partial charge on any atom is -0.325 e. The van der Waals surface area contributed by atoms with Gasteiger partial charge >= 0.3 is 0 Å². The Labute approximate surface area is 194 Å². The first-order chi connectivity index (χ1) is 15.6. The lowest BCUT2D eigenvalue weighted by atomic mass is 9.95. The van der Waals surface area contributed by atoms with Crippen LogP contribution in [0.1, 0.15) is 11.4 Å². The quantitative estimate of drug-likeness (QED) is 0.212. The Hall–Kier alpha value is -2.90. The first-order valence-corrected chi connectivity index (χ1v) is 11.7. The summed E-state index contributed by atoms with van der Waals surface area (Å²) >= 11 is 1.45. The second-order valence-corrected chi connectivity index (χ2v) is 8.76. The van der Waals surface area contributed by atoms with Gasteiger partial charge in [-0.1, -0.05) is 72.8 Å². The fourth-order valence-corrected chi connectivity index (χ4v) is 5.25. The summed E-state index contributed by atoms with van der Waals surface area (Å²) in [5.41, 5.74) is 6.99. The van der Waals surface area contributed by atoms with Crippen molar-refractivity contribution in [1.29, 1.82) is 0 Å². The Kier molecular flexibility index (Phi) is 5.61. The number of fused-ring (bicyclic) bond motifs is 3. The van der Waals surface area contributed by atoms with E-state index in [9.17, 15) is 9.11 Å². The highest BCUT2D eigenvalue weighted by atomic mass is 32.2. The van der Waals surface area contributed by atoms with E-state index in [1.165, 1.54) is 0 Å². The summed E-state index contributed by atoms with van der Waals surface area (Å²) in [6, 6.07) is 24.2. The van der Waals surface area contributed by atoms with Crippen LogP contribution in [-0.2, 0) is 0 Å². The Morgan fingerprint density at radius 1 is 0.562 bits per heavy atom. The van der Waals surface area contributed by atoms with Gasteiger partial charge < -0.3 is 9.11 Å². The topological polar surface area (TPSA) is 66.2 Å². The van der Waals surface area contributed by atoms with Gasteiger partial charge in [-0.3, -0.25) is 0 Å². The summed E-state index contributed by atoms with van der Waals surface area (Å²) in [5.74, 6) is 0. The van der Waals surface area contributed by atoms with Crippen molar-refractivity contribution in [2.75, 3.05) is 0 Å². The molecular weight excluding hydrogens is 436 g/mol. The molecule has 0 aliphatic carbocycles. The smallest absolute Gasteiger partial charge is 0.0975 e. The number of aromatic nitrogens is 2. The molecule has 0 saturated carbocycles. The molecule has 2 N–H and O–H groups in total. The largest absolute Gasteiger partial charge is 0.325 e. The van der Waals surface area contributed by atoms with Crippen LogP contribution < -0.4 is 0 Å². The Morgan fingerprint density at radius 3 is 1.28 bits per heavy atom. The van der Waals surface area contributed by atoms with Crippen LogP contribution in [0.4, 0.5) is 0 Å². The number of aryl methyl sites for hydroxylation is 2. The van der Waals surface area contributed by atoms with Gasteiger partial charge in [-0.25, -0.2) is 9.97 Å². The Bertz CT molecular complexity index is 1340. The monoisotopic (exact) mass is 456 g/mol. The lowest BCUT2D eigenvalue weighted by Crippen LogP contribution is -1.99. The number of rotatable bonds is 4. The predicted molar refractivity (Wildman–Crippen MR) is 134 cm³/mol. The van der Waals surface area contributed by atoms with Crippen LogP contribution in [0.15, 0.2) is 82.6 Å². The molecule has 0 fully saturated rings. The highest BCUT2D eigenvalue weighted by molar-refractivity contribution is 7.94. The van der Waals surface area contributed by atoms with Crippen LogP contribution >= 0.6 is 24.1 Å². The fourth-order valence-electron chi connectivity index (χ4n) is 4.26. The molecule has 0 bridgehead atoms. The highest BCUT2D eigenvalue weighted by Gasteiger charge is 2.21. The van der Waals surface area contributed by atoms with E-state index in [1.54, 1.807) is 0 Å². The van der Waals surface area contributed by atoms with Crippen LogP contribution in [0.25, 0.3) is 44.1 Å². The van der Waals surface area contributed by atoms with Gasteiger partial charge in [0.25, 0.3) is 0 Å². The van der Waals surface area contributed by atoms with E-state index in [4.69, 9.17) is 9.97 Å². The van der Waals surface area contributed by atoms with Crippen LogP contribution in [0.2, 0.25) is 0 Å². The molecule has 5 aromatic rings. The third-order valence-electron chi connectivity index (χ3n) is 5.67. The predicted octanol–water partition coefficient (Wildman–Crippen LogP) is 7.86. The number of benzene rings is 3. The van der Waals surface area contributed by atoms with Gasteiger partial charge in [-0.2, -0.15) is 0 Å². The van der Waals surface area contributed by atoms with Crippen molar-refractivity contribution in [3.63, 3.8) is 0 Å². The zero-order chi connectivity index (χ0) is 22.2. The molecule has 0 radical (unpaired) electrons. The van der Waals surface area contributed by atoms with Gasteiger partial charge in [0.15, 0.2) is 0 Å². The average Bonchev–Trinajstić information content (AvgIpc) is 2.83. The molecular formula is C26H20N2O2S2. The summed E-state index contributed by atoms with van der Waals surface area (Å²) in [4.78, 5) is 11.2. The molecule has 2 aromatic heterocycles. The Balaban J connectivity index is 1.95. The molecule has 4 nitrogen and oxygen atoms in total. The maximum absolute atomic E-state index is 10.1. The molecule has 0 aliphatic rings. The number of hydrogen-bond acceptors (Lipinski definition) is 6. The molecule has 0 atom stereocenters. The van der Waals surface area contributed by atoms with E-state index in [1.807, 2.05) is 86.6 Å². The van der Waals surface area contributed by atoms with Crippen LogP contribution in [0.5, 0.6) is 0 Å². The van der Waals surface area contributed by atoms with Gasteiger partial charge in [-0.15, -0.1) is 0 Å². The lowest BCUT2D eigenvalue weighted by Gasteiger charge is -2.17. The minimum atomic E-state index is 0.727. The highest BCUT2D eigenvalue weighted by Crippen LogP contribution is 2.43. The van der Waals surface area contributed by atoms with Crippen molar-refractivity contribution >= 4 is 45.9 Å². The molecule has 6 heteroatoms. The summed E-state index contributed by atoms with van der Waals surface area (Å²) in [6.07, 6.45) is 0. The van der Waals surface area contributed by atoms with Gasteiger partial charge in [0.1, 0.15) is 0 Å². The van der Waals surface area contributed by atoms with E-state index in [0.717, 1.165) is 89.3 Å². The first kappa shape index (κ1) is 21.0. The molecule has 158 valence electrons. The molecule has 5 rings (SSSR count). The molecule has 0 saturated heterocycles. The van der Waals surface area contributed by atoms with E-state index in [2.05, 4.69) is 0 Å². The third-order valence-corrected chi connectivity index (χ3v) is 7.03. The van der Waals surface area contributed by atoms with Crippen molar-refractivity contribution in [1.82, 2.24) is 9.97 Å². The van der Waals surface area contributed by atoms with E-state index >= 15 is 0 Å². The number of hydrogen-bond donors (Lipinski definition) is 2. The molecule has 2 heterocycles. The lowest BCUT2D eigenvalue weighted by molar-refractivity contribution is 0.662. The zero-order valence-electron chi connectivity index (χ0n) is 17.5. The molecule has 32 heavy (non-hydrogen) atoms. The van der Waals surface area contributed by atoms with Crippen molar-refractivity contribution in [3.8, 4) is 22.3 Å². The normalized spacial score (nSPS) is 11.4. The number of nitrogens with zero attached hydrogens (tertiary/aromatic N) is 2. The SMILES string of the molecule is Cc1nc2c(ccc3c(-c4ccccc4)c(SO)c(C)nc32)c(-c2ccccc2)c1SO. The van der Waals surface area contributed by atoms with E-state index in [0.29, 0.717) is 0 Å². The van der Waals surface area contributed by atoms with Crippen molar-refractivity contribution in [2.24, 2.45) is 0 Å². The van der Waals surface area contributed by atoms with Crippen molar-refractivity contribution in [3.05, 3.63) is 84.2 Å². The first-order valence-electron chi connectivity index (χ1n) is 10.1. The third kappa shape index (κ3) is 3.36. The van der Waals surface area contributed by atoms with Crippen LogP contribution in [0.3, 0.4) is 0 Å². The second kappa shape index (κ2) is 8.56. The molecule has 0 spiro atoms. The van der Waals surface area contributed by atoms with Crippen molar-refractivity contribution in [2.45, 2.75) is 23.6 Å². The molecule has 3 aromatic carbocycles. The van der Waals surface area contributed by atoms with E-state index in [-0.39, 0.29) is 0 Å². The number of pyridine rings is 2. The van der Waals surface area contributed by atoms with Crippen LogP contribution in [-0.4, -0.2) is 19.1 Å². The maximum atomic E-state index is 10.1. The minimum absolute atomic E-state index is 0.727. The second-order valence-electron chi connectivity index (χ2n) is 7.58. The summed E-state index contributed by atoms with van der Waals surface area (Å²) in [7, 11) is 0. The average molecular weight is 457 g/mol. The fraction of sp³-hybridized carbons (Fsp3) is 0.0769.